The third kappa shape index (κ3) is 37.0. The molecule has 0 unspecified atom stereocenters. The first-order valence-electron chi connectivity index (χ1n) is 53.3. The second-order valence-corrected chi connectivity index (χ2v) is 52.1. The van der Waals surface area contributed by atoms with E-state index in [1.807, 2.05) is 111 Å². The van der Waals surface area contributed by atoms with Crippen molar-refractivity contribution in [2.45, 2.75) is 411 Å². The van der Waals surface area contributed by atoms with Crippen LogP contribution in [0, 0.1) is 128 Å². The summed E-state index contributed by atoms with van der Waals surface area (Å²) in [7, 11) is -4.59. The second kappa shape index (κ2) is 54.4. The molecule has 0 aliphatic heterocycles. The Labute approximate surface area is 887 Å². The van der Waals surface area contributed by atoms with Gasteiger partial charge in [-0.15, -0.1) is 45.3 Å². The number of thiophene rings is 4. The van der Waals surface area contributed by atoms with Crippen LogP contribution in [0.3, 0.4) is 0 Å². The Balaban J connectivity index is 0.000000218. The average Bonchev–Trinajstić information content (AvgIpc) is 1.69. The minimum Gasteiger partial charge on any atom is -0.477 e. The molecule has 0 radical (unpaired) electrons. The smallest absolute Gasteiger partial charge is 0.469 e. The van der Waals surface area contributed by atoms with Gasteiger partial charge in [0.1, 0.15) is 49.9 Å². The molecule has 147 heavy (non-hydrogen) atoms. The number of phosphoric ester groups is 1. The molecule has 3 atom stereocenters. The number of ether oxygens (including phenoxy) is 3. The number of carboxylic acids is 4. The summed E-state index contributed by atoms with van der Waals surface area (Å²) in [5.41, 5.74) is 18.2. The van der Waals surface area contributed by atoms with E-state index in [1.165, 1.54) is 0 Å². The molecule has 8 fully saturated rings. The van der Waals surface area contributed by atoms with Gasteiger partial charge in [0.2, 0.25) is 23.6 Å². The van der Waals surface area contributed by atoms with E-state index < -0.39 is 55.9 Å². The van der Waals surface area contributed by atoms with Crippen LogP contribution in [-0.2, 0) is 56.9 Å². The molecule has 12 rings (SSSR count). The maximum Gasteiger partial charge on any atom is 0.469 e. The number of carbonyl (C=O) groups is 11. The molecule has 29 nitrogen and oxygen atoms in total. The molecule has 812 valence electrons. The molecule has 4 aromatic heterocycles. The van der Waals surface area contributed by atoms with Crippen LogP contribution in [0.15, 0.2) is 24.3 Å². The van der Waals surface area contributed by atoms with E-state index in [2.05, 4.69) is 75.1 Å². The van der Waals surface area contributed by atoms with Gasteiger partial charge in [-0.05, 0) is 348 Å². The van der Waals surface area contributed by atoms with E-state index >= 15 is 0 Å². The maximum atomic E-state index is 14.1. The first-order valence-corrected chi connectivity index (χ1v) is 58.1. The Morgan fingerprint density at radius 2 is 0.578 bits per heavy atom. The third-order valence-corrected chi connectivity index (χ3v) is 33.9. The van der Waals surface area contributed by atoms with Crippen LogP contribution in [0.2, 0.25) is 0 Å². The fourth-order valence-corrected chi connectivity index (χ4v) is 24.2. The zero-order chi connectivity index (χ0) is 109. The van der Waals surface area contributed by atoms with Gasteiger partial charge in [0.25, 0.3) is 0 Å². The molecule has 8 saturated carbocycles. The van der Waals surface area contributed by atoms with E-state index in [0.717, 1.165) is 155 Å². The summed E-state index contributed by atoms with van der Waals surface area (Å²) in [6, 6.07) is 5.02. The predicted molar refractivity (Wildman–Crippen MR) is 580 cm³/mol. The van der Waals surface area contributed by atoms with Crippen molar-refractivity contribution in [2.75, 3.05) is 26.1 Å². The number of nitrogens with zero attached hydrogens (tertiary/aromatic N) is 4. The highest BCUT2D eigenvalue weighted by atomic mass is 32.1. The topological polar surface area (TPSA) is 454 Å². The number of amides is 4. The van der Waals surface area contributed by atoms with Crippen LogP contribution in [0.1, 0.15) is 409 Å². The van der Waals surface area contributed by atoms with Gasteiger partial charge >= 0.3 is 49.6 Å². The molecule has 0 saturated heterocycles. The van der Waals surface area contributed by atoms with Gasteiger partial charge in [0, 0.05) is 69.5 Å². The largest absolute Gasteiger partial charge is 0.477 e. The molecule has 0 spiro atoms. The lowest BCUT2D eigenvalue weighted by Gasteiger charge is -2.39. The molecule has 8 aliphatic rings. The second-order valence-electron chi connectivity index (χ2n) is 46.7. The molecular formula is C113H164N7O22PS4. The van der Waals surface area contributed by atoms with Crippen LogP contribution in [0.4, 0.5) is 22.7 Å². The highest BCUT2D eigenvalue weighted by molar-refractivity contribution is 7.46. The number of nitrogens with two attached hydrogens (primary N) is 3. The highest BCUT2D eigenvalue weighted by Crippen LogP contribution is 2.48. The summed E-state index contributed by atoms with van der Waals surface area (Å²) in [6.07, 6.45) is 23.1. The molecule has 34 heteroatoms. The number of phosphoric acid groups is 1. The fourth-order valence-electron chi connectivity index (χ4n) is 20.2. The van der Waals surface area contributed by atoms with E-state index in [-0.39, 0.29) is 161 Å². The monoisotopic (exact) mass is 2130 g/mol. The summed E-state index contributed by atoms with van der Waals surface area (Å²) in [5.74, 6) is 21.6. The van der Waals surface area contributed by atoms with Crippen LogP contribution in [-0.4, -0.2) is 163 Å². The van der Waals surface area contributed by atoms with Crippen molar-refractivity contribution in [3.05, 3.63) is 63.3 Å². The molecule has 4 heterocycles. The summed E-state index contributed by atoms with van der Waals surface area (Å²) in [6.45, 7) is 40.4. The van der Waals surface area contributed by atoms with Gasteiger partial charge in [0.05, 0.1) is 54.9 Å². The molecule has 8 aliphatic carbocycles. The normalized spacial score (nSPS) is 25.0. The lowest BCUT2D eigenvalue weighted by molar-refractivity contribution is -0.154. The Kier molecular flexibility index (Phi) is 45.1. The van der Waals surface area contributed by atoms with Crippen molar-refractivity contribution >= 4 is 141 Å². The van der Waals surface area contributed by atoms with Crippen LogP contribution in [0.25, 0.3) is 0 Å². The number of anilines is 4. The van der Waals surface area contributed by atoms with Crippen LogP contribution < -0.4 is 36.8 Å². The van der Waals surface area contributed by atoms with Crippen molar-refractivity contribution in [1.82, 2.24) is 0 Å². The Morgan fingerprint density at radius 1 is 0.361 bits per heavy atom. The summed E-state index contributed by atoms with van der Waals surface area (Å²) in [4.78, 5) is 170. The number of rotatable bonds is 27. The summed E-state index contributed by atoms with van der Waals surface area (Å²) < 4.78 is 33.0. The van der Waals surface area contributed by atoms with E-state index in [4.69, 9.17) is 45.7 Å². The van der Waals surface area contributed by atoms with Gasteiger partial charge < -0.3 is 81.2 Å². The van der Waals surface area contributed by atoms with Crippen LogP contribution >= 0.6 is 53.2 Å². The van der Waals surface area contributed by atoms with E-state index in [1.54, 1.807) is 43.9 Å². The number of hydrogen-bond donors (Lipinski definition) is 9. The SMILES string of the molecule is CC1CCC(C(=O)N(c2cc(C#CC(C)(C)C)sc2C(=O)O)C2CCC(OC(=O)CN)CC2)CC1.CC1CCC(C(=O)N(c2cc(C#CC(C)(C)C)sc2C(=O)O)C2CCC(OC(=O)[C@@H](N)C(C)C)CC2)CC1.CC1CCC(C(=O)N(c2cc(C#CC(C)(C)C)sc2C(=O)O)C2CCC(OP(=O)(O)O)CC2)CC1.CC[C@H](C)[C@@H](N)C(=O)OC1CCC(N(C(=O)C2CCC(C)CC2)c2cc(C#CC(C)(C)C)sc2C(=O)O)CC1. The number of esters is 3. The Hall–Kier alpha value is -8.80. The van der Waals surface area contributed by atoms with Crippen molar-refractivity contribution in [1.29, 1.82) is 0 Å². The minimum absolute atomic E-state index is 0.00577. The molecular weight excluding hydrogens is 1970 g/mol. The number of aromatic carboxylic acids is 4. The van der Waals surface area contributed by atoms with Gasteiger partial charge in [-0.1, -0.05) is 109 Å². The quantitative estimate of drug-likeness (QED) is 0.0116. The fraction of sp³-hybridized carbons (Fsp3) is 0.690. The zero-order valence-electron chi connectivity index (χ0n) is 90.2. The molecule has 4 amide bonds. The summed E-state index contributed by atoms with van der Waals surface area (Å²) >= 11 is 4.47. The molecule has 0 aromatic carbocycles. The van der Waals surface area contributed by atoms with Gasteiger partial charge in [-0.3, -0.25) is 38.1 Å². The molecule has 4 aromatic rings. The standard InChI is InChI=1S/C31H46N2O5S.C30H44N2O5S.C27H38N2O5S.C25H36NO7PS/c1-7-20(3)26(32)30(37)38-23-14-12-22(13-15-23)33(28(34)21-10-8-19(2)9-11-21)25-18-24(16-17-31(4,5)6)39-27(25)29(35)36;1-18(2)25(31)29(36)37-22-13-11-21(12-14-22)32(27(33)20-9-7-19(3)8-10-20)24-17-23(15-16-30(4,5)6)38-26(24)28(34)35;1-17-5-7-18(8-6-17)25(31)29(19-9-11-20(12-10-19)34-23(30)16-28)22-15-21(13-14-27(2,3)4)35-24(22)26(32)33;1-16-5-7-17(8-6-16)23(27)26(18-9-11-19(12-10-18)33-34(30,31)32)21-15-20(13-14-25(2,3)4)35-22(21)24(28)29/h18-23,26H,7-15,32H2,1-6H3,(H,35,36);17-22,25H,7-14,31H2,1-6H3,(H,34,35);15,17-20H,5-12,16,28H2,1-4H3,(H,32,33);15-19H,5-12H2,1-4H3,(H,28,29)(H2,30,31,32)/t19?,20-,21?,22?,23?,26+;19?,20?,21?,22?,25-;;/m00../s1. The van der Waals surface area contributed by atoms with Crippen molar-refractivity contribution < 1.29 is 106 Å². The first-order chi connectivity index (χ1) is 68.8. The molecule has 12 N–H and O–H groups in total. The van der Waals surface area contributed by atoms with Crippen molar-refractivity contribution in [2.24, 2.45) is 98.0 Å². The maximum absolute atomic E-state index is 14.1. The van der Waals surface area contributed by atoms with E-state index in [9.17, 15) is 77.7 Å². The number of carbonyl (C=O) groups excluding carboxylic acids is 7. The van der Waals surface area contributed by atoms with E-state index in [0.29, 0.717) is 169 Å². The Bertz CT molecular complexity index is 5490. The van der Waals surface area contributed by atoms with Gasteiger partial charge in [-0.2, -0.15) is 0 Å². The number of carboxylic acid groups (broad SMARTS) is 4. The van der Waals surface area contributed by atoms with Crippen LogP contribution in [0.5, 0.6) is 0 Å². The minimum atomic E-state index is -4.59. The van der Waals surface area contributed by atoms with Gasteiger partial charge in [-0.25, -0.2) is 23.7 Å². The van der Waals surface area contributed by atoms with Gasteiger partial charge in [0.15, 0.2) is 0 Å². The Morgan fingerprint density at radius 3 is 0.776 bits per heavy atom. The highest BCUT2D eigenvalue weighted by Gasteiger charge is 2.46. The lowest BCUT2D eigenvalue weighted by atomic mass is 9.81. The molecule has 0 bridgehead atoms. The van der Waals surface area contributed by atoms with Crippen molar-refractivity contribution in [3.8, 4) is 47.4 Å². The third-order valence-electron chi connectivity index (χ3n) is 29.2. The lowest BCUT2D eigenvalue weighted by Crippen LogP contribution is -2.48. The predicted octanol–water partition coefficient (Wildman–Crippen LogP) is 22.3. The first kappa shape index (κ1) is 122. The zero-order valence-corrected chi connectivity index (χ0v) is 94.4. The average molecular weight is 2130 g/mol. The summed E-state index contributed by atoms with van der Waals surface area (Å²) in [5, 5.41) is 40.1. The number of hydrogen-bond acceptors (Lipinski definition) is 23. The van der Waals surface area contributed by atoms with Crippen molar-refractivity contribution in [3.63, 3.8) is 0 Å².